The van der Waals surface area contributed by atoms with E-state index in [0.29, 0.717) is 24.5 Å². The number of nitrogens with one attached hydrogen (secondary N) is 1. The van der Waals surface area contributed by atoms with Gasteiger partial charge in [0.1, 0.15) is 10.3 Å². The molecule has 1 saturated heterocycles. The van der Waals surface area contributed by atoms with Crippen LogP contribution in [0.15, 0.2) is 57.4 Å². The maximum absolute atomic E-state index is 12.8. The molecule has 6 nitrogen and oxygen atoms in total. The van der Waals surface area contributed by atoms with Crippen molar-refractivity contribution in [2.45, 2.75) is 23.1 Å². The van der Waals surface area contributed by atoms with E-state index < -0.39 is 16.1 Å². The summed E-state index contributed by atoms with van der Waals surface area (Å²) in [7, 11) is -3.65. The van der Waals surface area contributed by atoms with Crippen LogP contribution >= 0.6 is 22.7 Å². The van der Waals surface area contributed by atoms with Crippen molar-refractivity contribution in [1.82, 2.24) is 9.29 Å². The number of nitrogens with zero attached hydrogens (tertiary/aromatic N) is 2. The molecule has 0 bridgehead atoms. The molecular formula is C18H17N3O3S3. The van der Waals surface area contributed by atoms with Gasteiger partial charge in [-0.2, -0.15) is 4.31 Å². The molecule has 1 aliphatic rings. The van der Waals surface area contributed by atoms with Gasteiger partial charge in [-0.05, 0) is 24.3 Å². The lowest BCUT2D eigenvalue weighted by Crippen LogP contribution is -2.42. The first-order valence-corrected chi connectivity index (χ1v) is 11.6. The van der Waals surface area contributed by atoms with E-state index in [4.69, 9.17) is 0 Å². The molecule has 3 aromatic rings. The number of hydrogen-bond donors (Lipinski definition) is 1. The quantitative estimate of drug-likeness (QED) is 0.684. The molecule has 140 valence electrons. The maximum Gasteiger partial charge on any atom is 0.253 e. The number of thiazole rings is 1. The molecule has 1 fully saturated rings. The second-order valence-corrected chi connectivity index (χ2v) is 10.0. The molecule has 4 rings (SSSR count). The topological polar surface area (TPSA) is 79.4 Å². The van der Waals surface area contributed by atoms with Crippen LogP contribution in [0.2, 0.25) is 0 Å². The van der Waals surface area contributed by atoms with E-state index in [-0.39, 0.29) is 10.1 Å². The van der Waals surface area contributed by atoms with Gasteiger partial charge >= 0.3 is 0 Å². The van der Waals surface area contributed by atoms with Crippen LogP contribution in [0.1, 0.15) is 12.8 Å². The molecule has 9 heteroatoms. The largest absolute Gasteiger partial charge is 0.301 e. The molecule has 0 aliphatic carbocycles. The normalized spacial score (nSPS) is 17.9. The van der Waals surface area contributed by atoms with E-state index in [0.717, 1.165) is 22.6 Å². The Balaban J connectivity index is 1.50. The van der Waals surface area contributed by atoms with Crippen LogP contribution in [-0.4, -0.2) is 36.2 Å². The Labute approximate surface area is 165 Å². The highest BCUT2D eigenvalue weighted by molar-refractivity contribution is 7.91. The van der Waals surface area contributed by atoms with Crippen LogP contribution in [0.4, 0.5) is 5.13 Å². The van der Waals surface area contributed by atoms with Crippen LogP contribution in [0.5, 0.6) is 0 Å². The number of carbonyl (C=O) groups excluding carboxylic acids is 1. The van der Waals surface area contributed by atoms with Crippen LogP contribution in [0.3, 0.4) is 0 Å². The molecular weight excluding hydrogens is 402 g/mol. The number of amides is 1. The minimum Gasteiger partial charge on any atom is -0.301 e. The molecule has 1 N–H and O–H groups in total. The van der Waals surface area contributed by atoms with Crippen molar-refractivity contribution in [1.29, 1.82) is 0 Å². The van der Waals surface area contributed by atoms with Gasteiger partial charge in [0, 0.05) is 17.5 Å². The fourth-order valence-corrected chi connectivity index (χ4v) is 6.58. The smallest absolute Gasteiger partial charge is 0.253 e. The van der Waals surface area contributed by atoms with Crippen molar-refractivity contribution >= 4 is 43.7 Å². The summed E-state index contributed by atoms with van der Waals surface area (Å²) in [5, 5.41) is 6.85. The molecule has 1 amide bonds. The van der Waals surface area contributed by atoms with E-state index >= 15 is 0 Å². The Morgan fingerprint density at radius 3 is 2.70 bits per heavy atom. The lowest BCUT2D eigenvalue weighted by atomic mass is 10.2. The molecule has 27 heavy (non-hydrogen) atoms. The van der Waals surface area contributed by atoms with Crippen LogP contribution in [0, 0.1) is 0 Å². The number of carbonyl (C=O) groups is 1. The van der Waals surface area contributed by atoms with E-state index in [9.17, 15) is 13.2 Å². The summed E-state index contributed by atoms with van der Waals surface area (Å²) in [6.07, 6.45) is 1.17. The van der Waals surface area contributed by atoms with Crippen LogP contribution in [-0.2, 0) is 14.8 Å². The molecule has 2 aromatic heterocycles. The minimum absolute atomic E-state index is 0.266. The number of sulfonamides is 1. The molecule has 1 aliphatic heterocycles. The number of aromatic nitrogens is 1. The Bertz CT molecular complexity index is 1030. The number of rotatable bonds is 5. The summed E-state index contributed by atoms with van der Waals surface area (Å²) >= 11 is 2.49. The fourth-order valence-electron chi connectivity index (χ4n) is 3.08. The van der Waals surface area contributed by atoms with Gasteiger partial charge in [-0.25, -0.2) is 13.4 Å². The first-order chi connectivity index (χ1) is 13.1. The summed E-state index contributed by atoms with van der Waals surface area (Å²) in [4.78, 5) is 17.2. The van der Waals surface area contributed by atoms with Gasteiger partial charge in [-0.1, -0.05) is 36.4 Å². The molecule has 0 saturated carbocycles. The van der Waals surface area contributed by atoms with E-state index in [1.807, 2.05) is 35.7 Å². The van der Waals surface area contributed by atoms with Gasteiger partial charge in [-0.3, -0.25) is 4.79 Å². The van der Waals surface area contributed by atoms with E-state index in [1.165, 1.54) is 15.6 Å². The summed E-state index contributed by atoms with van der Waals surface area (Å²) in [6.45, 7) is 0.353. The molecule has 0 unspecified atom stereocenters. The highest BCUT2D eigenvalue weighted by Crippen LogP contribution is 2.30. The van der Waals surface area contributed by atoms with Gasteiger partial charge in [0.25, 0.3) is 10.0 Å². The first-order valence-electron chi connectivity index (χ1n) is 8.43. The monoisotopic (exact) mass is 419 g/mol. The van der Waals surface area contributed by atoms with Crippen molar-refractivity contribution in [2.75, 3.05) is 11.9 Å². The highest BCUT2D eigenvalue weighted by atomic mass is 32.2. The van der Waals surface area contributed by atoms with Gasteiger partial charge in [0.05, 0.1) is 5.69 Å². The van der Waals surface area contributed by atoms with Crippen LogP contribution < -0.4 is 5.32 Å². The van der Waals surface area contributed by atoms with Gasteiger partial charge < -0.3 is 5.32 Å². The average molecular weight is 420 g/mol. The molecule has 1 atom stereocenters. The van der Waals surface area contributed by atoms with Crippen molar-refractivity contribution < 1.29 is 13.2 Å². The average Bonchev–Trinajstić information content (AvgIpc) is 3.42. The Kier molecular flexibility index (Phi) is 5.09. The van der Waals surface area contributed by atoms with Gasteiger partial charge in [0.2, 0.25) is 5.91 Å². The zero-order valence-corrected chi connectivity index (χ0v) is 16.7. The zero-order valence-electron chi connectivity index (χ0n) is 14.2. The summed E-state index contributed by atoms with van der Waals surface area (Å²) in [5.41, 5.74) is 1.75. The summed E-state index contributed by atoms with van der Waals surface area (Å²) < 4.78 is 27.2. The SMILES string of the molecule is O=C(Nc1nc(-c2ccccc2)cs1)[C@H]1CCCN1S(=O)(=O)c1cccs1. The number of benzene rings is 1. The maximum atomic E-state index is 12.8. The van der Waals surface area contributed by atoms with Gasteiger partial charge in [0.15, 0.2) is 5.13 Å². The molecule has 1 aromatic carbocycles. The van der Waals surface area contributed by atoms with Gasteiger partial charge in [-0.15, -0.1) is 22.7 Å². The van der Waals surface area contributed by atoms with Crippen molar-refractivity contribution in [3.63, 3.8) is 0 Å². The molecule has 0 spiro atoms. The Morgan fingerprint density at radius 2 is 1.96 bits per heavy atom. The third-order valence-electron chi connectivity index (χ3n) is 4.37. The zero-order chi connectivity index (χ0) is 18.9. The fraction of sp³-hybridized carbons (Fsp3) is 0.222. The number of thiophene rings is 1. The van der Waals surface area contributed by atoms with E-state index in [1.54, 1.807) is 17.5 Å². The Morgan fingerprint density at radius 1 is 1.15 bits per heavy atom. The minimum atomic E-state index is -3.65. The highest BCUT2D eigenvalue weighted by Gasteiger charge is 2.40. The number of anilines is 1. The lowest BCUT2D eigenvalue weighted by molar-refractivity contribution is -0.119. The van der Waals surface area contributed by atoms with Crippen LogP contribution in [0.25, 0.3) is 11.3 Å². The lowest BCUT2D eigenvalue weighted by Gasteiger charge is -2.22. The Hall–Kier alpha value is -2.07. The summed E-state index contributed by atoms with van der Waals surface area (Å²) in [6, 6.07) is 12.3. The van der Waals surface area contributed by atoms with Crippen molar-refractivity contribution in [2.24, 2.45) is 0 Å². The standard InChI is InChI=1S/C18H17N3O3S3/c22-17(20-18-19-14(12-26-18)13-6-2-1-3-7-13)15-8-4-10-21(15)27(23,24)16-9-5-11-25-16/h1-3,5-7,9,11-12,15H,4,8,10H2,(H,19,20,22)/t15-/m1/s1. The third kappa shape index (κ3) is 3.68. The predicted octanol–water partition coefficient (Wildman–Crippen LogP) is 3.66. The van der Waals surface area contributed by atoms with Crippen molar-refractivity contribution in [3.05, 3.63) is 53.2 Å². The number of hydrogen-bond acceptors (Lipinski definition) is 6. The second-order valence-electron chi connectivity index (χ2n) is 6.10. The van der Waals surface area contributed by atoms with Crippen molar-refractivity contribution in [3.8, 4) is 11.3 Å². The molecule has 3 heterocycles. The van der Waals surface area contributed by atoms with E-state index in [2.05, 4.69) is 10.3 Å². The first kappa shape index (κ1) is 18.3. The second kappa shape index (κ2) is 7.51. The predicted molar refractivity (Wildman–Crippen MR) is 107 cm³/mol. The molecule has 0 radical (unpaired) electrons. The third-order valence-corrected chi connectivity index (χ3v) is 8.41. The summed E-state index contributed by atoms with van der Waals surface area (Å²) in [5.74, 6) is -0.332.